The smallest absolute Gasteiger partial charge is 0.315 e. The number of rotatable bonds is 7. The lowest BCUT2D eigenvalue weighted by Crippen LogP contribution is -2.49. The lowest BCUT2D eigenvalue weighted by Gasteiger charge is -2.38. The van der Waals surface area contributed by atoms with Crippen molar-refractivity contribution in [1.82, 2.24) is 10.6 Å². The van der Waals surface area contributed by atoms with Crippen molar-refractivity contribution in [1.29, 1.82) is 0 Å². The summed E-state index contributed by atoms with van der Waals surface area (Å²) in [6.45, 7) is 2.20. The van der Waals surface area contributed by atoms with E-state index in [-0.39, 0.29) is 30.7 Å². The number of nitrogens with two attached hydrogens (primary N) is 1. The topological polar surface area (TPSA) is 118 Å². The van der Waals surface area contributed by atoms with Crippen LogP contribution in [0.3, 0.4) is 0 Å². The molecule has 0 bridgehead atoms. The van der Waals surface area contributed by atoms with Gasteiger partial charge in [-0.3, -0.25) is 4.79 Å². The first-order valence-corrected chi connectivity index (χ1v) is 12.2. The van der Waals surface area contributed by atoms with Crippen LogP contribution in [0.15, 0.2) is 30.3 Å². The highest BCUT2D eigenvalue weighted by molar-refractivity contribution is 8.00. The average Bonchev–Trinajstić information content (AvgIpc) is 3.31. The summed E-state index contributed by atoms with van der Waals surface area (Å²) >= 11 is 1.90. The molecule has 0 spiro atoms. The lowest BCUT2D eigenvalue weighted by atomic mass is 9.99. The Morgan fingerprint density at radius 1 is 1.19 bits per heavy atom. The zero-order valence-corrected chi connectivity index (χ0v) is 18.9. The molecule has 2 amide bonds. The molecule has 0 aromatic heterocycles. The van der Waals surface area contributed by atoms with E-state index in [0.717, 1.165) is 52.8 Å². The van der Waals surface area contributed by atoms with Crippen molar-refractivity contribution < 1.29 is 14.3 Å². The van der Waals surface area contributed by atoms with E-state index in [1.54, 1.807) is 0 Å². The van der Waals surface area contributed by atoms with Gasteiger partial charge in [0.2, 0.25) is 0 Å². The van der Waals surface area contributed by atoms with Gasteiger partial charge in [-0.15, -0.1) is 0 Å². The third kappa shape index (κ3) is 4.01. The fraction of sp³-hybridized carbons (Fsp3) is 0.478. The lowest BCUT2D eigenvalue weighted by molar-refractivity contribution is -0.144. The van der Waals surface area contributed by atoms with Crippen molar-refractivity contribution in [2.75, 3.05) is 28.7 Å². The van der Waals surface area contributed by atoms with Crippen molar-refractivity contribution in [3.63, 3.8) is 0 Å². The van der Waals surface area contributed by atoms with Crippen LogP contribution in [0.1, 0.15) is 32.6 Å². The van der Waals surface area contributed by atoms with E-state index in [2.05, 4.69) is 21.3 Å². The molecule has 4 atom stereocenters. The second kappa shape index (κ2) is 8.27. The molecule has 2 aromatic carbocycles. The Balaban J connectivity index is 1.09. The van der Waals surface area contributed by atoms with Gasteiger partial charge in [0.15, 0.2) is 0 Å². The van der Waals surface area contributed by atoms with Crippen LogP contribution in [0, 0.1) is 0 Å². The number of ether oxygens (including phenoxy) is 1. The Bertz CT molecular complexity index is 1050. The number of urea groups is 1. The fourth-order valence-corrected chi connectivity index (χ4v) is 6.43. The van der Waals surface area contributed by atoms with Crippen molar-refractivity contribution in [2.24, 2.45) is 0 Å². The number of nitrogens with one attached hydrogen (secondary N) is 4. The number of hydrogen-bond acceptors (Lipinski definition) is 7. The van der Waals surface area contributed by atoms with Crippen LogP contribution in [0.5, 0.6) is 0 Å². The zero-order chi connectivity index (χ0) is 22.3. The van der Waals surface area contributed by atoms with Gasteiger partial charge < -0.3 is 31.7 Å². The van der Waals surface area contributed by atoms with Crippen LogP contribution >= 0.6 is 11.8 Å². The average molecular weight is 456 g/mol. The first-order valence-electron chi connectivity index (χ1n) is 11.1. The highest BCUT2D eigenvalue weighted by atomic mass is 32.2. The van der Waals surface area contributed by atoms with Gasteiger partial charge in [0, 0.05) is 45.3 Å². The Hall–Kier alpha value is -2.81. The van der Waals surface area contributed by atoms with Crippen molar-refractivity contribution in [3.05, 3.63) is 30.3 Å². The maximum Gasteiger partial charge on any atom is 0.315 e. The number of fused-ring (bicyclic) bond motifs is 1. The number of anilines is 3. The zero-order valence-electron chi connectivity index (χ0n) is 18.1. The third-order valence-electron chi connectivity index (χ3n) is 6.47. The standard InChI is InChI=1S/C23H29N5O3S/c1-23(27-15-6-4-5-13-14(24)9-10-16(28-23)20(13)15)12-31-19(29)8-3-2-7-18-21-17(11-32-18)25-22(30)26-21/h4-6,9-10,17-18,21,27-28H,2-3,7-8,11-12,24H2,1H3,(H2,25,26,30)/t17-,18-,21-,23?/m1/s1. The van der Waals surface area contributed by atoms with Gasteiger partial charge in [-0.1, -0.05) is 18.6 Å². The van der Waals surface area contributed by atoms with Gasteiger partial charge in [-0.05, 0) is 38.0 Å². The van der Waals surface area contributed by atoms with Crippen LogP contribution in [0.2, 0.25) is 0 Å². The predicted molar refractivity (Wildman–Crippen MR) is 129 cm³/mol. The predicted octanol–water partition coefficient (Wildman–Crippen LogP) is 3.24. The number of unbranched alkanes of at least 4 members (excludes halogenated alkanes) is 1. The summed E-state index contributed by atoms with van der Waals surface area (Å²) in [5.74, 6) is 0.766. The van der Waals surface area contributed by atoms with Gasteiger partial charge >= 0.3 is 12.0 Å². The van der Waals surface area contributed by atoms with E-state index in [1.807, 2.05) is 49.0 Å². The number of carbonyl (C=O) groups excluding carboxylic acids is 2. The van der Waals surface area contributed by atoms with Gasteiger partial charge in [0.1, 0.15) is 12.3 Å². The van der Waals surface area contributed by atoms with E-state index in [1.165, 1.54) is 0 Å². The summed E-state index contributed by atoms with van der Waals surface area (Å²) in [6, 6.07) is 10.2. The van der Waals surface area contributed by atoms with E-state index in [0.29, 0.717) is 11.7 Å². The van der Waals surface area contributed by atoms with Crippen molar-refractivity contribution >= 4 is 51.6 Å². The molecule has 9 heteroatoms. The van der Waals surface area contributed by atoms with Crippen LogP contribution in [-0.4, -0.2) is 47.4 Å². The van der Waals surface area contributed by atoms with Gasteiger partial charge in [-0.2, -0.15) is 11.8 Å². The van der Waals surface area contributed by atoms with E-state index in [4.69, 9.17) is 10.5 Å². The summed E-state index contributed by atoms with van der Waals surface area (Å²) in [7, 11) is 0. The summed E-state index contributed by atoms with van der Waals surface area (Å²) in [6.07, 6.45) is 3.12. The SMILES string of the molecule is CC1(COC(=O)CCCC[C@H]2SC[C@H]3NC(=O)N[C@H]32)Nc2cccc3c(N)ccc(c23)N1. The second-order valence-electron chi connectivity index (χ2n) is 9.04. The van der Waals surface area contributed by atoms with Gasteiger partial charge in [0.05, 0.1) is 12.1 Å². The minimum Gasteiger partial charge on any atom is -0.461 e. The molecule has 32 heavy (non-hydrogen) atoms. The molecule has 3 aliphatic heterocycles. The maximum absolute atomic E-state index is 12.4. The molecule has 6 N–H and O–H groups in total. The van der Waals surface area contributed by atoms with E-state index >= 15 is 0 Å². The van der Waals surface area contributed by atoms with Crippen LogP contribution in [0.4, 0.5) is 21.9 Å². The van der Waals surface area contributed by atoms with Crippen LogP contribution < -0.4 is 27.0 Å². The monoisotopic (exact) mass is 455 g/mol. The number of nitrogen functional groups attached to an aromatic ring is 1. The number of esters is 1. The molecular weight excluding hydrogens is 426 g/mol. The van der Waals surface area contributed by atoms with E-state index < -0.39 is 5.66 Å². The van der Waals surface area contributed by atoms with Crippen LogP contribution in [0.25, 0.3) is 10.8 Å². The molecule has 0 radical (unpaired) electrons. The maximum atomic E-state index is 12.4. The molecule has 3 aliphatic rings. The molecule has 170 valence electrons. The highest BCUT2D eigenvalue weighted by Gasteiger charge is 2.42. The normalized spacial score (nSPS) is 27.8. The first kappa shape index (κ1) is 21.1. The molecule has 8 nitrogen and oxygen atoms in total. The third-order valence-corrected chi connectivity index (χ3v) is 7.98. The highest BCUT2D eigenvalue weighted by Crippen LogP contribution is 2.40. The summed E-state index contributed by atoms with van der Waals surface area (Å²) in [4.78, 5) is 23.8. The fourth-order valence-electron chi connectivity index (χ4n) is 4.89. The molecule has 1 unspecified atom stereocenters. The van der Waals surface area contributed by atoms with Gasteiger partial charge in [0.25, 0.3) is 0 Å². The number of carbonyl (C=O) groups is 2. The molecule has 2 aromatic rings. The summed E-state index contributed by atoms with van der Waals surface area (Å²) in [5, 5.41) is 15.4. The molecule has 3 heterocycles. The molecule has 2 fully saturated rings. The Kier molecular flexibility index (Phi) is 5.44. The molecule has 5 rings (SSSR count). The number of amides is 2. The molecule has 0 aliphatic carbocycles. The second-order valence-corrected chi connectivity index (χ2v) is 10.3. The summed E-state index contributed by atoms with van der Waals surface area (Å²) < 4.78 is 5.61. The molecule has 0 saturated carbocycles. The van der Waals surface area contributed by atoms with Crippen molar-refractivity contribution in [3.8, 4) is 0 Å². The Morgan fingerprint density at radius 2 is 2.00 bits per heavy atom. The largest absolute Gasteiger partial charge is 0.461 e. The van der Waals surface area contributed by atoms with Gasteiger partial charge in [-0.25, -0.2) is 4.79 Å². The number of benzene rings is 2. The summed E-state index contributed by atoms with van der Waals surface area (Å²) in [5.41, 5.74) is 8.21. The number of hydrogen-bond donors (Lipinski definition) is 5. The molecular formula is C23H29N5O3S. The Labute approximate surface area is 191 Å². The minimum atomic E-state index is -0.601. The van der Waals surface area contributed by atoms with E-state index in [9.17, 15) is 9.59 Å². The first-order chi connectivity index (χ1) is 15.4. The quantitative estimate of drug-likeness (QED) is 0.188. The minimum absolute atomic E-state index is 0.0605. The Morgan fingerprint density at radius 3 is 2.84 bits per heavy atom. The van der Waals surface area contributed by atoms with Crippen LogP contribution in [-0.2, 0) is 9.53 Å². The molecule has 2 saturated heterocycles. The van der Waals surface area contributed by atoms with Crippen molar-refractivity contribution in [2.45, 2.75) is 55.6 Å². The number of thioether (sulfide) groups is 1.